The summed E-state index contributed by atoms with van der Waals surface area (Å²) in [6.07, 6.45) is 6.28. The van der Waals surface area contributed by atoms with Gasteiger partial charge in [0.2, 0.25) is 0 Å². The maximum Gasteiger partial charge on any atom is 0.162 e. The van der Waals surface area contributed by atoms with E-state index in [1.165, 1.54) is 10.6 Å². The number of benzene rings is 1. The fourth-order valence-electron chi connectivity index (χ4n) is 1.53. The third-order valence-corrected chi connectivity index (χ3v) is 3.62. The van der Waals surface area contributed by atoms with Gasteiger partial charge in [-0.15, -0.1) is 11.8 Å². The molecule has 0 saturated carbocycles. The molecule has 0 amide bonds. The Balaban J connectivity index is 2.29. The average Bonchev–Trinajstić information content (AvgIpc) is 2.39. The van der Waals surface area contributed by atoms with Crippen LogP contribution < -0.4 is 5.32 Å². The first-order valence-electron chi connectivity index (χ1n) is 5.03. The Morgan fingerprint density at radius 3 is 2.50 bits per heavy atom. The summed E-state index contributed by atoms with van der Waals surface area (Å²) in [6.45, 7) is 0. The molecule has 2 nitrogen and oxygen atoms in total. The van der Waals surface area contributed by atoms with Crippen LogP contribution in [0.3, 0.4) is 0 Å². The van der Waals surface area contributed by atoms with Crippen LogP contribution in [0.5, 0.6) is 0 Å². The van der Waals surface area contributed by atoms with Crippen LogP contribution in [0.4, 0.5) is 0 Å². The van der Waals surface area contributed by atoms with E-state index >= 15 is 0 Å². The molecule has 0 saturated heterocycles. The van der Waals surface area contributed by atoms with Crippen molar-refractivity contribution in [3.63, 3.8) is 0 Å². The van der Waals surface area contributed by atoms with E-state index in [1.54, 1.807) is 23.5 Å². The van der Waals surface area contributed by atoms with Gasteiger partial charge in [0.15, 0.2) is 5.17 Å². The molecule has 0 aliphatic carbocycles. The van der Waals surface area contributed by atoms with Crippen molar-refractivity contribution in [1.82, 2.24) is 5.32 Å². The molecule has 16 heavy (non-hydrogen) atoms. The number of hydrogen-bond acceptors (Lipinski definition) is 4. The number of thioether (sulfide) groups is 2. The van der Waals surface area contributed by atoms with Crippen molar-refractivity contribution in [3.8, 4) is 0 Å². The van der Waals surface area contributed by atoms with Crippen LogP contribution in [0.25, 0.3) is 0 Å². The van der Waals surface area contributed by atoms with Crippen LogP contribution in [-0.2, 0) is 0 Å². The molecule has 4 heteroatoms. The summed E-state index contributed by atoms with van der Waals surface area (Å²) >= 11 is 3.37. The Morgan fingerprint density at radius 2 is 1.88 bits per heavy atom. The van der Waals surface area contributed by atoms with Crippen LogP contribution in [0.2, 0.25) is 0 Å². The summed E-state index contributed by atoms with van der Waals surface area (Å²) in [4.78, 5) is 4.65. The number of nitrogens with zero attached hydrogens (tertiary/aromatic N) is 1. The van der Waals surface area contributed by atoms with E-state index in [1.807, 2.05) is 12.3 Å². The lowest BCUT2D eigenvalue weighted by Gasteiger charge is -2.20. The van der Waals surface area contributed by atoms with Crippen molar-refractivity contribution in [2.24, 2.45) is 4.99 Å². The molecule has 1 heterocycles. The number of hydrogen-bond donors (Lipinski definition) is 1. The summed E-state index contributed by atoms with van der Waals surface area (Å²) in [6, 6.07) is 10.5. The van der Waals surface area contributed by atoms with Gasteiger partial charge in [-0.25, -0.2) is 4.99 Å². The lowest BCUT2D eigenvalue weighted by molar-refractivity contribution is 0.875. The smallest absolute Gasteiger partial charge is 0.162 e. The van der Waals surface area contributed by atoms with E-state index in [0.717, 1.165) is 5.17 Å². The minimum Gasteiger partial charge on any atom is -0.330 e. The zero-order valence-corrected chi connectivity index (χ0v) is 10.9. The molecule has 0 radical (unpaired) electrons. The van der Waals surface area contributed by atoms with E-state index in [-0.39, 0.29) is 6.04 Å². The van der Waals surface area contributed by atoms with Gasteiger partial charge in [-0.3, -0.25) is 0 Å². The number of amidine groups is 1. The predicted molar refractivity (Wildman–Crippen MR) is 74.9 cm³/mol. The maximum atomic E-state index is 4.65. The van der Waals surface area contributed by atoms with Gasteiger partial charge in [0.25, 0.3) is 0 Å². The van der Waals surface area contributed by atoms with Gasteiger partial charge in [-0.2, -0.15) is 0 Å². The van der Waals surface area contributed by atoms with Crippen molar-refractivity contribution in [1.29, 1.82) is 0 Å². The van der Waals surface area contributed by atoms with E-state index in [0.29, 0.717) is 0 Å². The molecule has 1 unspecified atom stereocenters. The summed E-state index contributed by atoms with van der Waals surface area (Å²) in [7, 11) is 0. The van der Waals surface area contributed by atoms with Crippen LogP contribution in [0.15, 0.2) is 46.4 Å². The highest BCUT2D eigenvalue weighted by Crippen LogP contribution is 2.27. The minimum atomic E-state index is 0.146. The van der Waals surface area contributed by atoms with Crippen molar-refractivity contribution in [2.75, 3.05) is 12.5 Å². The lowest BCUT2D eigenvalue weighted by atomic mass is 10.1. The largest absolute Gasteiger partial charge is 0.330 e. The molecule has 84 valence electrons. The molecule has 1 N–H and O–H groups in total. The first-order valence-corrected chi connectivity index (χ1v) is 7.48. The molecule has 1 aliphatic heterocycles. The third-order valence-electron chi connectivity index (χ3n) is 2.35. The Bertz CT molecular complexity index is 392. The second-order valence-electron chi connectivity index (χ2n) is 3.35. The van der Waals surface area contributed by atoms with E-state index in [9.17, 15) is 0 Å². The van der Waals surface area contributed by atoms with Gasteiger partial charge in [0, 0.05) is 0 Å². The van der Waals surface area contributed by atoms with Crippen LogP contribution >= 0.6 is 23.5 Å². The molecule has 0 fully saturated rings. The summed E-state index contributed by atoms with van der Waals surface area (Å²) < 4.78 is 0. The Morgan fingerprint density at radius 1 is 1.12 bits per heavy atom. The molecule has 1 aliphatic rings. The van der Waals surface area contributed by atoms with E-state index in [4.69, 9.17) is 0 Å². The zero-order chi connectivity index (χ0) is 11.4. The summed E-state index contributed by atoms with van der Waals surface area (Å²) in [5.41, 5.74) is 1.24. The van der Waals surface area contributed by atoms with Crippen LogP contribution in [-0.4, -0.2) is 17.7 Å². The van der Waals surface area contributed by atoms with Gasteiger partial charge in [-0.05, 0) is 24.2 Å². The van der Waals surface area contributed by atoms with E-state index in [2.05, 4.69) is 46.9 Å². The highest BCUT2D eigenvalue weighted by atomic mass is 32.2. The van der Waals surface area contributed by atoms with Gasteiger partial charge in [0.05, 0.1) is 11.1 Å². The molecular weight excluding hydrogens is 236 g/mol. The molecule has 0 spiro atoms. The SMILES string of the molecule is CSC1=CC(c2ccccc2)N=C(SC)N1. The number of aliphatic imine (C=N–C) groups is 1. The second-order valence-corrected chi connectivity index (χ2v) is 5.00. The Labute approximate surface area is 105 Å². The monoisotopic (exact) mass is 250 g/mol. The summed E-state index contributed by atoms with van der Waals surface area (Å²) in [5.74, 6) is 0. The number of nitrogens with one attached hydrogen (secondary N) is 1. The second kappa shape index (κ2) is 5.46. The van der Waals surface area contributed by atoms with Crippen LogP contribution in [0, 0.1) is 0 Å². The molecule has 1 aromatic rings. The standard InChI is InChI=1S/C12H14N2S2/c1-15-11-8-10(13-12(14-11)16-2)9-6-4-3-5-7-9/h3-8,10H,1-2H3,(H,13,14). The highest BCUT2D eigenvalue weighted by Gasteiger charge is 2.15. The molecular formula is C12H14N2S2. The molecule has 1 atom stereocenters. The maximum absolute atomic E-state index is 4.65. The van der Waals surface area contributed by atoms with Gasteiger partial charge < -0.3 is 5.32 Å². The lowest BCUT2D eigenvalue weighted by Crippen LogP contribution is -2.23. The fourth-order valence-corrected chi connectivity index (χ4v) is 2.49. The first-order chi connectivity index (χ1) is 7.83. The fraction of sp³-hybridized carbons (Fsp3) is 0.250. The van der Waals surface area contributed by atoms with Crippen molar-refractivity contribution in [3.05, 3.63) is 47.0 Å². The van der Waals surface area contributed by atoms with Gasteiger partial charge >= 0.3 is 0 Å². The Kier molecular flexibility index (Phi) is 3.96. The predicted octanol–water partition coefficient (Wildman–Crippen LogP) is 3.25. The molecule has 0 aromatic heterocycles. The minimum absolute atomic E-state index is 0.146. The van der Waals surface area contributed by atoms with Crippen LogP contribution in [0.1, 0.15) is 11.6 Å². The summed E-state index contributed by atoms with van der Waals surface area (Å²) in [5, 5.41) is 5.45. The van der Waals surface area contributed by atoms with Gasteiger partial charge in [0.1, 0.15) is 0 Å². The average molecular weight is 250 g/mol. The van der Waals surface area contributed by atoms with Crippen molar-refractivity contribution >= 4 is 28.7 Å². The molecule has 0 bridgehead atoms. The normalized spacial score (nSPS) is 19.8. The van der Waals surface area contributed by atoms with Gasteiger partial charge in [-0.1, -0.05) is 42.1 Å². The van der Waals surface area contributed by atoms with Crippen molar-refractivity contribution in [2.45, 2.75) is 6.04 Å². The van der Waals surface area contributed by atoms with E-state index < -0.39 is 0 Å². The number of rotatable bonds is 2. The quantitative estimate of drug-likeness (QED) is 0.872. The Hall–Kier alpha value is -0.870. The first kappa shape index (κ1) is 11.6. The topological polar surface area (TPSA) is 24.4 Å². The molecule has 1 aromatic carbocycles. The highest BCUT2D eigenvalue weighted by molar-refractivity contribution is 8.13. The molecule has 2 rings (SSSR count). The van der Waals surface area contributed by atoms with Crippen molar-refractivity contribution < 1.29 is 0 Å². The zero-order valence-electron chi connectivity index (χ0n) is 9.31. The third kappa shape index (κ3) is 2.62.